The number of pyridine rings is 1. The van der Waals surface area contributed by atoms with Crippen LogP contribution in [0.1, 0.15) is 19.5 Å². The van der Waals surface area contributed by atoms with Gasteiger partial charge in [-0.3, -0.25) is 0 Å². The summed E-state index contributed by atoms with van der Waals surface area (Å²) >= 11 is 0. The number of carbonyl (C=O) groups excluding carboxylic acids is 1. The Morgan fingerprint density at radius 2 is 2.50 bits per heavy atom. The summed E-state index contributed by atoms with van der Waals surface area (Å²) in [7, 11) is 0. The molecule has 1 aromatic rings. The lowest BCUT2D eigenvalue weighted by Crippen LogP contribution is -2.28. The van der Waals surface area contributed by atoms with E-state index in [2.05, 4.69) is 10.3 Å². The Labute approximate surface area is 94.1 Å². The normalized spacial score (nSPS) is 11.3. The van der Waals surface area contributed by atoms with E-state index in [0.717, 1.165) is 0 Å². The second kappa shape index (κ2) is 5.71. The lowest BCUT2D eigenvalue weighted by Gasteiger charge is -2.13. The van der Waals surface area contributed by atoms with Crippen molar-refractivity contribution in [1.29, 1.82) is 5.26 Å². The van der Waals surface area contributed by atoms with Crippen molar-refractivity contribution in [2.24, 2.45) is 0 Å². The van der Waals surface area contributed by atoms with Gasteiger partial charge in [-0.15, -0.1) is 0 Å². The maximum atomic E-state index is 11.4. The van der Waals surface area contributed by atoms with Crippen LogP contribution in [0.15, 0.2) is 18.3 Å². The lowest BCUT2D eigenvalue weighted by atomic mass is 10.2. The molecule has 0 saturated heterocycles. The number of ether oxygens (including phenoxy) is 1. The molecular weight excluding hydrogens is 206 g/mol. The van der Waals surface area contributed by atoms with E-state index in [4.69, 9.17) is 10.00 Å². The molecule has 1 unspecified atom stereocenters. The molecule has 0 aliphatic heterocycles. The summed E-state index contributed by atoms with van der Waals surface area (Å²) in [5, 5.41) is 11.7. The Morgan fingerprint density at radius 3 is 3.12 bits per heavy atom. The summed E-state index contributed by atoms with van der Waals surface area (Å²) in [4.78, 5) is 15.2. The largest absolute Gasteiger partial charge is 0.464 e. The molecule has 0 aliphatic carbocycles. The zero-order chi connectivity index (χ0) is 12.0. The van der Waals surface area contributed by atoms with Crippen LogP contribution in [0.25, 0.3) is 0 Å². The fraction of sp³-hybridized carbons (Fsp3) is 0.364. The quantitative estimate of drug-likeness (QED) is 0.773. The third-order valence-corrected chi connectivity index (χ3v) is 1.93. The Bertz CT molecular complexity index is 412. The molecule has 0 saturated carbocycles. The number of nitriles is 1. The zero-order valence-electron chi connectivity index (χ0n) is 9.23. The highest BCUT2D eigenvalue weighted by molar-refractivity contribution is 5.79. The molecule has 1 rings (SSSR count). The van der Waals surface area contributed by atoms with E-state index in [0.29, 0.717) is 12.3 Å². The van der Waals surface area contributed by atoms with Crippen LogP contribution in [0.3, 0.4) is 0 Å². The van der Waals surface area contributed by atoms with Crippen LogP contribution >= 0.6 is 0 Å². The van der Waals surface area contributed by atoms with Crippen molar-refractivity contribution in [3.05, 3.63) is 24.0 Å². The van der Waals surface area contributed by atoms with Crippen LogP contribution in [0.5, 0.6) is 0 Å². The first-order chi connectivity index (χ1) is 7.69. The average molecular weight is 219 g/mol. The van der Waals surface area contributed by atoms with Gasteiger partial charge in [0.25, 0.3) is 0 Å². The second-order valence-electron chi connectivity index (χ2n) is 3.13. The Morgan fingerprint density at radius 1 is 1.75 bits per heavy atom. The number of nitrogens with one attached hydrogen (secondary N) is 1. The van der Waals surface area contributed by atoms with E-state index in [-0.39, 0.29) is 11.7 Å². The summed E-state index contributed by atoms with van der Waals surface area (Å²) < 4.78 is 4.84. The summed E-state index contributed by atoms with van der Waals surface area (Å²) in [6.45, 7) is 3.75. The summed E-state index contributed by atoms with van der Waals surface area (Å²) in [6, 6.07) is 4.83. The van der Waals surface area contributed by atoms with Crippen molar-refractivity contribution < 1.29 is 9.53 Å². The SMILES string of the molecule is CCOC(=O)C(C)Nc1cccnc1C#N. The first kappa shape index (κ1) is 12.0. The van der Waals surface area contributed by atoms with Crippen molar-refractivity contribution in [3.8, 4) is 6.07 Å². The van der Waals surface area contributed by atoms with Crippen molar-refractivity contribution in [2.45, 2.75) is 19.9 Å². The predicted molar refractivity (Wildman–Crippen MR) is 58.7 cm³/mol. The van der Waals surface area contributed by atoms with E-state index >= 15 is 0 Å². The molecular formula is C11H13N3O2. The third kappa shape index (κ3) is 2.95. The Balaban J connectivity index is 2.73. The number of aromatic nitrogens is 1. The number of anilines is 1. The zero-order valence-corrected chi connectivity index (χ0v) is 9.23. The van der Waals surface area contributed by atoms with E-state index in [1.807, 2.05) is 6.07 Å². The minimum atomic E-state index is -0.503. The molecule has 0 amide bonds. The van der Waals surface area contributed by atoms with Gasteiger partial charge in [0.1, 0.15) is 12.1 Å². The highest BCUT2D eigenvalue weighted by Crippen LogP contribution is 2.12. The molecule has 5 nitrogen and oxygen atoms in total. The van der Waals surface area contributed by atoms with E-state index in [9.17, 15) is 4.79 Å². The van der Waals surface area contributed by atoms with Crippen LogP contribution in [0, 0.1) is 11.3 Å². The van der Waals surface area contributed by atoms with Crippen molar-refractivity contribution in [1.82, 2.24) is 4.98 Å². The number of nitrogens with zero attached hydrogens (tertiary/aromatic N) is 2. The number of hydrogen-bond acceptors (Lipinski definition) is 5. The lowest BCUT2D eigenvalue weighted by molar-refractivity contribution is -0.143. The van der Waals surface area contributed by atoms with E-state index < -0.39 is 6.04 Å². The molecule has 1 heterocycles. The number of rotatable bonds is 4. The molecule has 1 atom stereocenters. The van der Waals surface area contributed by atoms with Gasteiger partial charge in [0.15, 0.2) is 5.69 Å². The average Bonchev–Trinajstić information content (AvgIpc) is 2.30. The van der Waals surface area contributed by atoms with Gasteiger partial charge in [-0.25, -0.2) is 9.78 Å². The fourth-order valence-corrected chi connectivity index (χ4v) is 1.17. The third-order valence-electron chi connectivity index (χ3n) is 1.93. The van der Waals surface area contributed by atoms with Gasteiger partial charge in [0.2, 0.25) is 0 Å². The van der Waals surface area contributed by atoms with Gasteiger partial charge >= 0.3 is 5.97 Å². The Hall–Kier alpha value is -2.09. The molecule has 0 spiro atoms. The highest BCUT2D eigenvalue weighted by atomic mass is 16.5. The van der Waals surface area contributed by atoms with Crippen molar-refractivity contribution >= 4 is 11.7 Å². The minimum absolute atomic E-state index is 0.263. The minimum Gasteiger partial charge on any atom is -0.464 e. The highest BCUT2D eigenvalue weighted by Gasteiger charge is 2.15. The fourth-order valence-electron chi connectivity index (χ4n) is 1.17. The first-order valence-corrected chi connectivity index (χ1v) is 4.97. The first-order valence-electron chi connectivity index (χ1n) is 4.97. The number of hydrogen-bond donors (Lipinski definition) is 1. The second-order valence-corrected chi connectivity index (χ2v) is 3.13. The molecule has 0 fully saturated rings. The molecule has 1 aromatic heterocycles. The van der Waals surface area contributed by atoms with Gasteiger partial charge < -0.3 is 10.1 Å². The maximum absolute atomic E-state index is 11.4. The molecule has 84 valence electrons. The smallest absolute Gasteiger partial charge is 0.328 e. The van der Waals surface area contributed by atoms with Gasteiger partial charge in [-0.1, -0.05) is 0 Å². The molecule has 16 heavy (non-hydrogen) atoms. The number of esters is 1. The van der Waals surface area contributed by atoms with Gasteiger partial charge in [-0.2, -0.15) is 5.26 Å². The molecule has 0 radical (unpaired) electrons. The molecule has 1 N–H and O–H groups in total. The molecule has 5 heteroatoms. The maximum Gasteiger partial charge on any atom is 0.328 e. The van der Waals surface area contributed by atoms with Crippen LogP contribution in [0.2, 0.25) is 0 Å². The summed E-state index contributed by atoms with van der Waals surface area (Å²) in [5.74, 6) is -0.352. The van der Waals surface area contributed by atoms with E-state index in [1.54, 1.807) is 26.0 Å². The summed E-state index contributed by atoms with van der Waals surface area (Å²) in [6.07, 6.45) is 1.53. The topological polar surface area (TPSA) is 75.0 Å². The Kier molecular flexibility index (Phi) is 4.28. The molecule has 0 aliphatic rings. The molecule has 0 bridgehead atoms. The van der Waals surface area contributed by atoms with Crippen LogP contribution in [-0.4, -0.2) is 23.6 Å². The van der Waals surface area contributed by atoms with Crippen LogP contribution < -0.4 is 5.32 Å². The van der Waals surface area contributed by atoms with Gasteiger partial charge in [0.05, 0.1) is 12.3 Å². The summed E-state index contributed by atoms with van der Waals surface area (Å²) in [5.41, 5.74) is 0.796. The van der Waals surface area contributed by atoms with Gasteiger partial charge in [0, 0.05) is 6.20 Å². The number of carbonyl (C=O) groups is 1. The van der Waals surface area contributed by atoms with Crippen LogP contribution in [0.4, 0.5) is 5.69 Å². The van der Waals surface area contributed by atoms with Crippen LogP contribution in [-0.2, 0) is 9.53 Å². The van der Waals surface area contributed by atoms with Crippen molar-refractivity contribution in [3.63, 3.8) is 0 Å². The standard InChI is InChI=1S/C11H13N3O2/c1-3-16-11(15)8(2)14-9-5-4-6-13-10(9)7-12/h4-6,8,14H,3H2,1-2H3. The molecule has 0 aromatic carbocycles. The predicted octanol–water partition coefficient (Wildman–Crippen LogP) is 1.32. The monoisotopic (exact) mass is 219 g/mol. The van der Waals surface area contributed by atoms with E-state index in [1.165, 1.54) is 6.20 Å². The van der Waals surface area contributed by atoms with Crippen molar-refractivity contribution in [2.75, 3.05) is 11.9 Å². The van der Waals surface area contributed by atoms with Gasteiger partial charge in [-0.05, 0) is 26.0 Å².